The van der Waals surface area contributed by atoms with Gasteiger partial charge >= 0.3 is 6.18 Å². The zero-order valence-corrected chi connectivity index (χ0v) is 16.0. The van der Waals surface area contributed by atoms with E-state index >= 15 is 0 Å². The maximum atomic E-state index is 12.2. The molecule has 0 fully saturated rings. The molecule has 5 nitrogen and oxygen atoms in total. The van der Waals surface area contributed by atoms with E-state index in [0.717, 1.165) is 6.54 Å². The molecule has 134 valence electrons. The third-order valence-corrected chi connectivity index (χ3v) is 2.56. The lowest BCUT2D eigenvalue weighted by Gasteiger charge is -2.19. The van der Waals surface area contributed by atoms with E-state index in [1.807, 2.05) is 13.8 Å². The zero-order valence-electron chi connectivity index (χ0n) is 13.7. The van der Waals surface area contributed by atoms with Crippen LogP contribution in [0.2, 0.25) is 0 Å². The number of rotatable bonds is 9. The van der Waals surface area contributed by atoms with Gasteiger partial charge in [0.1, 0.15) is 0 Å². The molecule has 0 aliphatic carbocycles. The Hall–Kier alpha value is -0.290. The van der Waals surface area contributed by atoms with Crippen LogP contribution >= 0.6 is 24.0 Å². The monoisotopic (exact) mass is 440 g/mol. The second-order valence-corrected chi connectivity index (χ2v) is 4.97. The standard InChI is InChI=1S/C13H27F3N4O.HI/c1-5-17-12(19-11(2)9-21-4)18-7-6-8-20(3)10-13(14,15)16;/h11H,5-10H2,1-4H3,(H2,17,18,19);1H. The summed E-state index contributed by atoms with van der Waals surface area (Å²) in [6.45, 7) is 5.13. The molecular formula is C13H28F3IN4O. The van der Waals surface area contributed by atoms with Gasteiger partial charge in [-0.1, -0.05) is 0 Å². The third-order valence-electron chi connectivity index (χ3n) is 2.56. The van der Waals surface area contributed by atoms with Crippen LogP contribution in [0.4, 0.5) is 13.2 Å². The molecule has 0 amide bonds. The molecule has 0 radical (unpaired) electrons. The average molecular weight is 440 g/mol. The molecule has 0 aromatic heterocycles. The van der Waals surface area contributed by atoms with Crippen molar-refractivity contribution >= 4 is 29.9 Å². The molecule has 0 saturated heterocycles. The molecule has 22 heavy (non-hydrogen) atoms. The molecule has 0 saturated carbocycles. The lowest BCUT2D eigenvalue weighted by molar-refractivity contribution is -0.143. The maximum Gasteiger partial charge on any atom is 0.401 e. The second-order valence-electron chi connectivity index (χ2n) is 4.97. The first-order valence-corrected chi connectivity index (χ1v) is 7.07. The van der Waals surface area contributed by atoms with Crippen LogP contribution < -0.4 is 10.6 Å². The second kappa shape index (κ2) is 13.2. The molecule has 2 N–H and O–H groups in total. The number of halogens is 4. The summed E-state index contributed by atoms with van der Waals surface area (Å²) >= 11 is 0. The Morgan fingerprint density at radius 1 is 1.36 bits per heavy atom. The van der Waals surface area contributed by atoms with Crippen LogP contribution in [-0.4, -0.2) is 70.0 Å². The number of methoxy groups -OCH3 is 1. The highest BCUT2D eigenvalue weighted by atomic mass is 127. The van der Waals surface area contributed by atoms with E-state index in [2.05, 4.69) is 15.6 Å². The summed E-state index contributed by atoms with van der Waals surface area (Å²) in [5, 5.41) is 6.25. The Bertz CT molecular complexity index is 304. The van der Waals surface area contributed by atoms with E-state index in [4.69, 9.17) is 4.74 Å². The quantitative estimate of drug-likeness (QED) is 0.250. The van der Waals surface area contributed by atoms with Crippen molar-refractivity contribution in [2.75, 3.05) is 46.9 Å². The first-order chi connectivity index (χ1) is 9.78. The van der Waals surface area contributed by atoms with Crippen molar-refractivity contribution < 1.29 is 17.9 Å². The fraction of sp³-hybridized carbons (Fsp3) is 0.923. The van der Waals surface area contributed by atoms with E-state index in [1.165, 1.54) is 11.9 Å². The Morgan fingerprint density at radius 2 is 2.00 bits per heavy atom. The van der Waals surface area contributed by atoms with Crippen molar-refractivity contribution in [1.82, 2.24) is 15.5 Å². The minimum absolute atomic E-state index is 0. The maximum absolute atomic E-state index is 12.2. The molecule has 0 bridgehead atoms. The SMILES string of the molecule is CCNC(=NCCCN(C)CC(F)(F)F)NC(C)COC.I. The van der Waals surface area contributed by atoms with Crippen LogP contribution in [0.5, 0.6) is 0 Å². The Morgan fingerprint density at radius 3 is 2.50 bits per heavy atom. The van der Waals surface area contributed by atoms with Gasteiger partial charge in [-0.2, -0.15) is 13.2 Å². The van der Waals surface area contributed by atoms with Crippen molar-refractivity contribution in [1.29, 1.82) is 0 Å². The van der Waals surface area contributed by atoms with Crippen LogP contribution in [0.25, 0.3) is 0 Å². The number of hydrogen-bond acceptors (Lipinski definition) is 3. The van der Waals surface area contributed by atoms with Crippen LogP contribution in [0.15, 0.2) is 4.99 Å². The molecule has 1 atom stereocenters. The largest absolute Gasteiger partial charge is 0.401 e. The van der Waals surface area contributed by atoms with Crippen LogP contribution in [0.3, 0.4) is 0 Å². The first kappa shape index (κ1) is 24.0. The number of ether oxygens (including phenoxy) is 1. The minimum Gasteiger partial charge on any atom is -0.383 e. The Balaban J connectivity index is 0. The lowest BCUT2D eigenvalue weighted by atomic mass is 10.3. The normalized spacial score (nSPS) is 13.7. The molecule has 0 aromatic rings. The zero-order chi connectivity index (χ0) is 16.3. The van der Waals surface area contributed by atoms with Crippen LogP contribution in [0, 0.1) is 0 Å². The third kappa shape index (κ3) is 14.6. The number of hydrogen-bond donors (Lipinski definition) is 2. The van der Waals surface area contributed by atoms with Crippen molar-refractivity contribution in [3.63, 3.8) is 0 Å². The summed E-state index contributed by atoms with van der Waals surface area (Å²) in [6.07, 6.45) is -3.58. The summed E-state index contributed by atoms with van der Waals surface area (Å²) in [7, 11) is 3.08. The fourth-order valence-electron chi connectivity index (χ4n) is 1.76. The highest BCUT2D eigenvalue weighted by Crippen LogP contribution is 2.15. The van der Waals surface area contributed by atoms with E-state index in [-0.39, 0.29) is 30.0 Å². The van der Waals surface area contributed by atoms with Crippen molar-refractivity contribution in [2.24, 2.45) is 4.99 Å². The predicted molar refractivity (Wildman–Crippen MR) is 94.0 cm³/mol. The summed E-state index contributed by atoms with van der Waals surface area (Å²) in [4.78, 5) is 5.59. The summed E-state index contributed by atoms with van der Waals surface area (Å²) in [5.41, 5.74) is 0. The van der Waals surface area contributed by atoms with E-state index in [1.54, 1.807) is 7.11 Å². The Labute approximate surface area is 148 Å². The average Bonchev–Trinajstić information content (AvgIpc) is 2.32. The number of nitrogens with zero attached hydrogens (tertiary/aromatic N) is 2. The van der Waals surface area contributed by atoms with E-state index < -0.39 is 12.7 Å². The molecule has 0 heterocycles. The number of guanidine groups is 1. The van der Waals surface area contributed by atoms with Gasteiger partial charge in [0.05, 0.1) is 13.2 Å². The highest BCUT2D eigenvalue weighted by Gasteiger charge is 2.28. The topological polar surface area (TPSA) is 48.9 Å². The summed E-state index contributed by atoms with van der Waals surface area (Å²) in [5.74, 6) is 0.653. The smallest absolute Gasteiger partial charge is 0.383 e. The molecule has 0 aliphatic heterocycles. The number of aliphatic imine (C=N–C) groups is 1. The van der Waals surface area contributed by atoms with Gasteiger partial charge in [-0.15, -0.1) is 24.0 Å². The minimum atomic E-state index is -4.15. The van der Waals surface area contributed by atoms with E-state index in [0.29, 0.717) is 32.1 Å². The molecule has 9 heteroatoms. The van der Waals surface area contributed by atoms with Gasteiger partial charge in [0, 0.05) is 26.2 Å². The van der Waals surface area contributed by atoms with Gasteiger partial charge in [0.25, 0.3) is 0 Å². The van der Waals surface area contributed by atoms with Crippen molar-refractivity contribution in [2.45, 2.75) is 32.5 Å². The molecule has 0 aliphatic rings. The predicted octanol–water partition coefficient (Wildman–Crippen LogP) is 2.08. The van der Waals surface area contributed by atoms with Crippen molar-refractivity contribution in [3.8, 4) is 0 Å². The molecular weight excluding hydrogens is 412 g/mol. The number of nitrogens with one attached hydrogen (secondary N) is 2. The molecule has 1 unspecified atom stereocenters. The van der Waals surface area contributed by atoms with Crippen molar-refractivity contribution in [3.05, 3.63) is 0 Å². The fourth-order valence-corrected chi connectivity index (χ4v) is 1.76. The van der Waals surface area contributed by atoms with Crippen LogP contribution in [0.1, 0.15) is 20.3 Å². The van der Waals surface area contributed by atoms with Gasteiger partial charge in [-0.3, -0.25) is 9.89 Å². The summed E-state index contributed by atoms with van der Waals surface area (Å²) < 4.78 is 41.5. The highest BCUT2D eigenvalue weighted by molar-refractivity contribution is 14.0. The van der Waals surface area contributed by atoms with Gasteiger partial charge in [-0.05, 0) is 33.9 Å². The van der Waals surface area contributed by atoms with Gasteiger partial charge in [-0.25, -0.2) is 0 Å². The van der Waals surface area contributed by atoms with E-state index in [9.17, 15) is 13.2 Å². The summed E-state index contributed by atoms with van der Waals surface area (Å²) in [6, 6.07) is 0.112. The Kier molecular flexibility index (Phi) is 14.4. The molecule has 0 aromatic carbocycles. The lowest BCUT2D eigenvalue weighted by Crippen LogP contribution is -2.44. The van der Waals surface area contributed by atoms with Gasteiger partial charge in [0.15, 0.2) is 5.96 Å². The molecule has 0 spiro atoms. The molecule has 0 rings (SSSR count). The van der Waals surface area contributed by atoms with Gasteiger partial charge < -0.3 is 15.4 Å². The number of alkyl halides is 3. The van der Waals surface area contributed by atoms with Gasteiger partial charge in [0.2, 0.25) is 0 Å². The first-order valence-electron chi connectivity index (χ1n) is 7.07. The van der Waals surface area contributed by atoms with Crippen LogP contribution in [-0.2, 0) is 4.74 Å².